The van der Waals surface area contributed by atoms with E-state index in [1.54, 1.807) is 0 Å². The molecule has 7 heteroatoms. The molecule has 0 radical (unpaired) electrons. The Morgan fingerprint density at radius 1 is 1.67 bits per heavy atom. The first kappa shape index (κ1) is 13.0. The maximum Gasteiger partial charge on any atom is 0.312 e. The van der Waals surface area contributed by atoms with Gasteiger partial charge in [0.05, 0.1) is 9.95 Å². The zero-order valence-corrected chi connectivity index (χ0v) is 10.6. The van der Waals surface area contributed by atoms with E-state index in [0.29, 0.717) is 12.5 Å². The molecular weight excluding hydrogens is 256 g/mol. The Kier molecular flexibility index (Phi) is 4.33. The van der Waals surface area contributed by atoms with Crippen molar-refractivity contribution >= 4 is 23.1 Å². The highest BCUT2D eigenvalue weighted by Crippen LogP contribution is 2.25. The lowest BCUT2D eigenvalue weighted by atomic mass is 10.00. The molecule has 0 aliphatic carbocycles. The van der Waals surface area contributed by atoms with Gasteiger partial charge in [0.2, 0.25) is 5.82 Å². The fraction of sp³-hybridized carbons (Fsp3) is 0.545. The number of nitrogens with zero attached hydrogens (tertiary/aromatic N) is 2. The minimum Gasteiger partial charge on any atom is -0.364 e. The lowest BCUT2D eigenvalue weighted by molar-refractivity contribution is -0.384. The third-order valence-corrected chi connectivity index (χ3v) is 3.19. The quantitative estimate of drug-likeness (QED) is 0.647. The monoisotopic (exact) mass is 270 g/mol. The maximum absolute atomic E-state index is 10.9. The second kappa shape index (κ2) is 5.97. The van der Waals surface area contributed by atoms with Crippen LogP contribution in [-0.2, 0) is 0 Å². The number of rotatable bonds is 4. The van der Waals surface area contributed by atoms with Crippen molar-refractivity contribution in [1.82, 2.24) is 10.3 Å². The Balaban J connectivity index is 2.01. The van der Waals surface area contributed by atoms with Crippen LogP contribution < -0.4 is 10.6 Å². The van der Waals surface area contributed by atoms with Crippen molar-refractivity contribution in [2.45, 2.75) is 12.8 Å². The van der Waals surface area contributed by atoms with Crippen LogP contribution >= 0.6 is 11.6 Å². The van der Waals surface area contributed by atoms with Crippen molar-refractivity contribution in [3.8, 4) is 0 Å². The molecule has 2 heterocycles. The zero-order valence-electron chi connectivity index (χ0n) is 9.86. The summed E-state index contributed by atoms with van der Waals surface area (Å²) in [6, 6.07) is 1.32. The van der Waals surface area contributed by atoms with Gasteiger partial charge in [0, 0.05) is 18.8 Å². The van der Waals surface area contributed by atoms with E-state index in [4.69, 9.17) is 11.6 Å². The molecule has 0 amide bonds. The standard InChI is InChI=1S/C11H15ClN4O2/c12-9-4-10(16(17)18)11(15-7-9)14-6-8-2-1-3-13-5-8/h4,7-8,13H,1-3,5-6H2,(H,14,15). The van der Waals surface area contributed by atoms with Gasteiger partial charge in [0.1, 0.15) is 0 Å². The average Bonchev–Trinajstić information content (AvgIpc) is 2.38. The molecule has 0 aromatic carbocycles. The normalized spacial score (nSPS) is 19.5. The highest BCUT2D eigenvalue weighted by atomic mass is 35.5. The molecule has 0 saturated carbocycles. The molecule has 1 aromatic rings. The summed E-state index contributed by atoms with van der Waals surface area (Å²) in [4.78, 5) is 14.4. The predicted molar refractivity (Wildman–Crippen MR) is 70.0 cm³/mol. The maximum atomic E-state index is 10.9. The topological polar surface area (TPSA) is 80.1 Å². The SMILES string of the molecule is O=[N+]([O-])c1cc(Cl)cnc1NCC1CCCNC1. The van der Waals surface area contributed by atoms with E-state index in [1.165, 1.54) is 12.3 Å². The van der Waals surface area contributed by atoms with Gasteiger partial charge < -0.3 is 10.6 Å². The summed E-state index contributed by atoms with van der Waals surface area (Å²) in [6.45, 7) is 2.67. The van der Waals surface area contributed by atoms with E-state index in [0.717, 1.165) is 25.9 Å². The molecule has 0 bridgehead atoms. The Bertz CT molecular complexity index is 435. The molecule has 0 spiro atoms. The molecule has 6 nitrogen and oxygen atoms in total. The fourth-order valence-electron chi connectivity index (χ4n) is 2.04. The van der Waals surface area contributed by atoms with E-state index >= 15 is 0 Å². The van der Waals surface area contributed by atoms with Crippen molar-refractivity contribution < 1.29 is 4.92 Å². The Hall–Kier alpha value is -1.40. The molecule has 1 aliphatic heterocycles. The van der Waals surface area contributed by atoms with E-state index in [1.807, 2.05) is 0 Å². The van der Waals surface area contributed by atoms with Crippen LogP contribution in [0.4, 0.5) is 11.5 Å². The Labute approximate surface area is 110 Å². The number of pyridine rings is 1. The predicted octanol–water partition coefficient (Wildman–Crippen LogP) is 2.05. The molecule has 2 rings (SSSR count). The summed E-state index contributed by atoms with van der Waals surface area (Å²) < 4.78 is 0. The molecule has 1 aromatic heterocycles. The summed E-state index contributed by atoms with van der Waals surface area (Å²) >= 11 is 5.71. The van der Waals surface area contributed by atoms with Gasteiger partial charge in [-0.2, -0.15) is 0 Å². The van der Waals surface area contributed by atoms with E-state index in [9.17, 15) is 10.1 Å². The van der Waals surface area contributed by atoms with Crippen molar-refractivity contribution in [2.24, 2.45) is 5.92 Å². The minimum atomic E-state index is -0.472. The van der Waals surface area contributed by atoms with Crippen LogP contribution in [0.1, 0.15) is 12.8 Å². The first-order valence-electron chi connectivity index (χ1n) is 5.91. The molecule has 98 valence electrons. The molecule has 2 N–H and O–H groups in total. The van der Waals surface area contributed by atoms with Crippen LogP contribution in [0.5, 0.6) is 0 Å². The van der Waals surface area contributed by atoms with Gasteiger partial charge >= 0.3 is 5.69 Å². The minimum absolute atomic E-state index is 0.0775. The van der Waals surface area contributed by atoms with Crippen LogP contribution in [0.3, 0.4) is 0 Å². The summed E-state index contributed by atoms with van der Waals surface area (Å²) in [6.07, 6.45) is 3.68. The highest BCUT2D eigenvalue weighted by Gasteiger charge is 2.18. The van der Waals surface area contributed by atoms with Gasteiger partial charge in [-0.3, -0.25) is 10.1 Å². The van der Waals surface area contributed by atoms with Crippen LogP contribution in [0.2, 0.25) is 5.02 Å². The van der Waals surface area contributed by atoms with Crippen LogP contribution in [0.15, 0.2) is 12.3 Å². The lowest BCUT2D eigenvalue weighted by Gasteiger charge is -2.22. The number of piperidine rings is 1. The second-order valence-electron chi connectivity index (χ2n) is 4.37. The molecule has 1 saturated heterocycles. The van der Waals surface area contributed by atoms with Gasteiger partial charge in [-0.1, -0.05) is 11.6 Å². The third kappa shape index (κ3) is 3.30. The van der Waals surface area contributed by atoms with Crippen molar-refractivity contribution in [3.63, 3.8) is 0 Å². The summed E-state index contributed by atoms with van der Waals surface area (Å²) in [5.74, 6) is 0.769. The number of nitro groups is 1. The number of nitrogens with one attached hydrogen (secondary N) is 2. The van der Waals surface area contributed by atoms with Crippen molar-refractivity contribution in [1.29, 1.82) is 0 Å². The Morgan fingerprint density at radius 3 is 3.17 bits per heavy atom. The van der Waals surface area contributed by atoms with Crippen molar-refractivity contribution in [3.05, 3.63) is 27.4 Å². The lowest BCUT2D eigenvalue weighted by Crippen LogP contribution is -2.33. The third-order valence-electron chi connectivity index (χ3n) is 2.99. The van der Waals surface area contributed by atoms with Crippen LogP contribution in [0.25, 0.3) is 0 Å². The number of hydrogen-bond donors (Lipinski definition) is 2. The first-order chi connectivity index (χ1) is 8.66. The molecular formula is C11H15ClN4O2. The van der Waals surface area contributed by atoms with Crippen LogP contribution in [-0.4, -0.2) is 29.5 Å². The van der Waals surface area contributed by atoms with Gasteiger partial charge in [-0.25, -0.2) is 4.98 Å². The highest BCUT2D eigenvalue weighted by molar-refractivity contribution is 6.30. The number of aromatic nitrogens is 1. The zero-order chi connectivity index (χ0) is 13.0. The summed E-state index contributed by atoms with van der Waals surface area (Å²) in [5, 5.41) is 17.5. The van der Waals surface area contributed by atoms with Gasteiger partial charge in [0.15, 0.2) is 0 Å². The van der Waals surface area contributed by atoms with Crippen molar-refractivity contribution in [2.75, 3.05) is 25.0 Å². The fourth-order valence-corrected chi connectivity index (χ4v) is 2.20. The largest absolute Gasteiger partial charge is 0.364 e. The number of anilines is 1. The Morgan fingerprint density at radius 2 is 2.50 bits per heavy atom. The van der Waals surface area contributed by atoms with E-state index < -0.39 is 4.92 Å². The average molecular weight is 271 g/mol. The van der Waals surface area contributed by atoms with Gasteiger partial charge in [0.25, 0.3) is 0 Å². The molecule has 1 atom stereocenters. The second-order valence-corrected chi connectivity index (χ2v) is 4.81. The van der Waals surface area contributed by atoms with Gasteiger partial charge in [-0.15, -0.1) is 0 Å². The number of hydrogen-bond acceptors (Lipinski definition) is 5. The smallest absolute Gasteiger partial charge is 0.312 e. The van der Waals surface area contributed by atoms with E-state index in [2.05, 4.69) is 15.6 Å². The summed E-state index contributed by atoms with van der Waals surface area (Å²) in [7, 11) is 0. The molecule has 1 aliphatic rings. The number of halogens is 1. The summed E-state index contributed by atoms with van der Waals surface area (Å²) in [5.41, 5.74) is -0.0775. The molecule has 1 unspecified atom stereocenters. The van der Waals surface area contributed by atoms with Gasteiger partial charge in [-0.05, 0) is 31.8 Å². The molecule has 1 fully saturated rings. The van der Waals surface area contributed by atoms with Crippen LogP contribution in [0, 0.1) is 16.0 Å². The molecule has 18 heavy (non-hydrogen) atoms. The van der Waals surface area contributed by atoms with E-state index in [-0.39, 0.29) is 16.5 Å². The first-order valence-corrected chi connectivity index (χ1v) is 6.29.